The highest BCUT2D eigenvalue weighted by molar-refractivity contribution is 6.01. The number of nitrogens with zero attached hydrogens (tertiary/aromatic N) is 3. The molecule has 34 heavy (non-hydrogen) atoms. The number of esters is 1. The molecule has 0 atom stereocenters. The summed E-state index contributed by atoms with van der Waals surface area (Å²) >= 11 is 0. The molecule has 0 saturated heterocycles. The third-order valence-corrected chi connectivity index (χ3v) is 4.86. The van der Waals surface area contributed by atoms with Gasteiger partial charge in [0.05, 0.1) is 11.9 Å². The third-order valence-electron chi connectivity index (χ3n) is 4.86. The molecule has 2 N–H and O–H groups in total. The Morgan fingerprint density at radius 2 is 1.82 bits per heavy atom. The van der Waals surface area contributed by atoms with Crippen LogP contribution in [-0.2, 0) is 9.53 Å². The van der Waals surface area contributed by atoms with Gasteiger partial charge in [-0.25, -0.2) is 13.9 Å². The number of rotatable bonds is 7. The quantitative estimate of drug-likeness (QED) is 0.247. The van der Waals surface area contributed by atoms with E-state index in [9.17, 15) is 23.9 Å². The lowest BCUT2D eigenvalue weighted by atomic mass is 10.1. The van der Waals surface area contributed by atoms with Crippen LogP contribution in [0.1, 0.15) is 27.6 Å². The van der Waals surface area contributed by atoms with Crippen LogP contribution in [0.4, 0.5) is 10.1 Å². The van der Waals surface area contributed by atoms with E-state index in [-0.39, 0.29) is 34.1 Å². The van der Waals surface area contributed by atoms with Crippen molar-refractivity contribution in [2.45, 2.75) is 6.92 Å². The summed E-state index contributed by atoms with van der Waals surface area (Å²) in [4.78, 5) is 36.7. The van der Waals surface area contributed by atoms with E-state index in [4.69, 9.17) is 4.74 Å². The number of carbonyl (C=O) groups excluding carboxylic acids is 3. The molecule has 4 rings (SSSR count). The highest BCUT2D eigenvalue weighted by Crippen LogP contribution is 2.25. The fourth-order valence-corrected chi connectivity index (χ4v) is 3.30. The molecule has 0 aliphatic rings. The zero-order valence-electron chi connectivity index (χ0n) is 17.9. The van der Waals surface area contributed by atoms with E-state index in [2.05, 4.69) is 10.4 Å². The standard InChI is InChI=1S/C24H19FN4O5/c1-15(30)27-19-12-16(8-9-21(19)31)22(32)14-34-24(33)17-13-26-29(20-7-3-2-6-18(20)25)23(17)28-10-4-5-11-28/h2-13,31H,14H2,1H3,(H,27,30). The average molecular weight is 462 g/mol. The molecule has 0 radical (unpaired) electrons. The van der Waals surface area contributed by atoms with Gasteiger partial charge in [-0.3, -0.25) is 9.59 Å². The van der Waals surface area contributed by atoms with Gasteiger partial charge in [0.25, 0.3) is 0 Å². The number of nitrogens with one attached hydrogen (secondary N) is 1. The largest absolute Gasteiger partial charge is 0.506 e. The van der Waals surface area contributed by atoms with E-state index in [1.165, 1.54) is 48.1 Å². The van der Waals surface area contributed by atoms with Crippen LogP contribution in [0, 0.1) is 5.82 Å². The van der Waals surface area contributed by atoms with E-state index in [1.54, 1.807) is 41.2 Å². The lowest BCUT2D eigenvalue weighted by Gasteiger charge is -2.11. The first-order valence-electron chi connectivity index (χ1n) is 10.1. The summed E-state index contributed by atoms with van der Waals surface area (Å²) in [5.41, 5.74) is 0.348. The van der Waals surface area contributed by atoms with Gasteiger partial charge in [0.15, 0.2) is 18.2 Å². The second-order valence-electron chi connectivity index (χ2n) is 7.25. The number of ketones is 1. The fourth-order valence-electron chi connectivity index (χ4n) is 3.30. The number of amides is 1. The SMILES string of the molecule is CC(=O)Nc1cc(C(=O)COC(=O)c2cnn(-c3ccccc3F)c2-n2cccc2)ccc1O. The number of Topliss-reactive ketones (excluding diaryl/α,β-unsaturated/α-hetero) is 1. The van der Waals surface area contributed by atoms with Crippen LogP contribution >= 0.6 is 0 Å². The lowest BCUT2D eigenvalue weighted by Crippen LogP contribution is -2.16. The third kappa shape index (κ3) is 4.56. The van der Waals surface area contributed by atoms with Crippen molar-refractivity contribution in [3.63, 3.8) is 0 Å². The molecule has 0 saturated carbocycles. The Labute approximate surface area is 193 Å². The number of phenols is 1. The zero-order valence-corrected chi connectivity index (χ0v) is 17.9. The zero-order chi connectivity index (χ0) is 24.2. The maximum atomic E-state index is 14.4. The molecule has 0 unspecified atom stereocenters. The molecule has 1 amide bonds. The topological polar surface area (TPSA) is 115 Å². The van der Waals surface area contributed by atoms with Gasteiger partial charge in [-0.1, -0.05) is 12.1 Å². The Bertz CT molecular complexity index is 1380. The van der Waals surface area contributed by atoms with Gasteiger partial charge in [-0.15, -0.1) is 0 Å². The normalized spacial score (nSPS) is 10.6. The van der Waals surface area contributed by atoms with Crippen molar-refractivity contribution in [1.82, 2.24) is 14.3 Å². The molecule has 0 spiro atoms. The highest BCUT2D eigenvalue weighted by Gasteiger charge is 2.23. The number of aromatic nitrogens is 3. The minimum atomic E-state index is -0.833. The first-order valence-corrected chi connectivity index (χ1v) is 10.1. The molecular weight excluding hydrogens is 443 g/mol. The first-order chi connectivity index (χ1) is 16.3. The average Bonchev–Trinajstić information content (AvgIpc) is 3.48. The van der Waals surface area contributed by atoms with Crippen molar-refractivity contribution in [2.75, 3.05) is 11.9 Å². The van der Waals surface area contributed by atoms with Crippen molar-refractivity contribution in [1.29, 1.82) is 0 Å². The Hall–Kier alpha value is -4.73. The highest BCUT2D eigenvalue weighted by atomic mass is 19.1. The van der Waals surface area contributed by atoms with Gasteiger partial charge in [0.1, 0.15) is 22.8 Å². The minimum absolute atomic E-state index is 0.0249. The Kier molecular flexibility index (Phi) is 6.22. The van der Waals surface area contributed by atoms with Gasteiger partial charge in [-0.2, -0.15) is 5.10 Å². The van der Waals surface area contributed by atoms with E-state index < -0.39 is 30.1 Å². The van der Waals surface area contributed by atoms with E-state index >= 15 is 0 Å². The number of hydrogen-bond acceptors (Lipinski definition) is 6. The number of carbonyl (C=O) groups is 3. The number of benzene rings is 2. The van der Waals surface area contributed by atoms with Crippen LogP contribution in [-0.4, -0.2) is 43.7 Å². The molecule has 0 aliphatic carbocycles. The predicted octanol–water partition coefficient (Wildman–Crippen LogP) is 3.51. The van der Waals surface area contributed by atoms with Crippen molar-refractivity contribution < 1.29 is 28.6 Å². The monoisotopic (exact) mass is 462 g/mol. The second-order valence-corrected chi connectivity index (χ2v) is 7.25. The summed E-state index contributed by atoms with van der Waals surface area (Å²) in [6.07, 6.45) is 4.57. The summed E-state index contributed by atoms with van der Waals surface area (Å²) in [6, 6.07) is 13.3. The molecule has 9 nitrogen and oxygen atoms in total. The van der Waals surface area contributed by atoms with Crippen molar-refractivity contribution >= 4 is 23.3 Å². The Balaban J connectivity index is 1.58. The van der Waals surface area contributed by atoms with Crippen molar-refractivity contribution in [3.8, 4) is 17.3 Å². The maximum absolute atomic E-state index is 14.4. The van der Waals surface area contributed by atoms with Gasteiger partial charge in [-0.05, 0) is 42.5 Å². The first kappa shape index (κ1) is 22.5. The molecule has 0 aliphatic heterocycles. The van der Waals surface area contributed by atoms with Crippen LogP contribution < -0.4 is 5.32 Å². The molecular formula is C24H19FN4O5. The van der Waals surface area contributed by atoms with Gasteiger partial charge in [0.2, 0.25) is 5.91 Å². The van der Waals surface area contributed by atoms with Crippen LogP contribution in [0.15, 0.2) is 73.2 Å². The molecule has 10 heteroatoms. The number of hydrogen-bond donors (Lipinski definition) is 2. The number of ether oxygens (including phenoxy) is 1. The van der Waals surface area contributed by atoms with Crippen molar-refractivity contribution in [2.24, 2.45) is 0 Å². The Morgan fingerprint density at radius 3 is 2.53 bits per heavy atom. The number of anilines is 1. The summed E-state index contributed by atoms with van der Waals surface area (Å²) in [5, 5.41) is 16.4. The van der Waals surface area contributed by atoms with Crippen LogP contribution in [0.2, 0.25) is 0 Å². The Morgan fingerprint density at radius 1 is 1.09 bits per heavy atom. The molecule has 2 heterocycles. The molecule has 4 aromatic rings. The molecule has 0 bridgehead atoms. The van der Waals surface area contributed by atoms with Crippen LogP contribution in [0.25, 0.3) is 11.5 Å². The summed E-state index contributed by atoms with van der Waals surface area (Å²) < 4.78 is 22.5. The summed E-state index contributed by atoms with van der Waals surface area (Å²) in [6.45, 7) is 0.665. The molecule has 172 valence electrons. The predicted molar refractivity (Wildman–Crippen MR) is 120 cm³/mol. The fraction of sp³-hybridized carbons (Fsp3) is 0.0833. The molecule has 2 aromatic carbocycles. The van der Waals surface area contributed by atoms with E-state index in [1.807, 2.05) is 0 Å². The second kappa shape index (κ2) is 9.41. The minimum Gasteiger partial charge on any atom is -0.506 e. The number of para-hydroxylation sites is 1. The van der Waals surface area contributed by atoms with Gasteiger partial charge >= 0.3 is 5.97 Å². The van der Waals surface area contributed by atoms with Gasteiger partial charge in [0, 0.05) is 24.9 Å². The van der Waals surface area contributed by atoms with Crippen LogP contribution in [0.3, 0.4) is 0 Å². The van der Waals surface area contributed by atoms with E-state index in [0.29, 0.717) is 0 Å². The maximum Gasteiger partial charge on any atom is 0.344 e. The number of phenolic OH excluding ortho intramolecular Hbond substituents is 1. The number of halogens is 1. The van der Waals surface area contributed by atoms with Gasteiger partial charge < -0.3 is 19.7 Å². The summed E-state index contributed by atoms with van der Waals surface area (Å²) in [7, 11) is 0. The molecule has 2 aromatic heterocycles. The molecule has 0 fully saturated rings. The summed E-state index contributed by atoms with van der Waals surface area (Å²) in [5.74, 6) is -2.30. The van der Waals surface area contributed by atoms with E-state index in [0.717, 1.165) is 0 Å². The lowest BCUT2D eigenvalue weighted by molar-refractivity contribution is -0.114. The van der Waals surface area contributed by atoms with Crippen molar-refractivity contribution in [3.05, 3.63) is 90.1 Å². The number of aromatic hydroxyl groups is 1. The smallest absolute Gasteiger partial charge is 0.344 e. The van der Waals surface area contributed by atoms with Crippen LogP contribution in [0.5, 0.6) is 5.75 Å².